The van der Waals surface area contributed by atoms with Gasteiger partial charge in [0.1, 0.15) is 36.5 Å². The zero-order chi connectivity index (χ0) is 45.1. The molecule has 3 aliphatic heterocycles. The Morgan fingerprint density at radius 3 is 2.20 bits per heavy atom. The molecule has 17 heteroatoms. The number of cyclic esters (lactones) is 1. The lowest BCUT2D eigenvalue weighted by Crippen LogP contribution is -2.55. The minimum absolute atomic E-state index is 0.00592. The van der Waals surface area contributed by atoms with Gasteiger partial charge < -0.3 is 36.1 Å². The molecule has 0 aromatic heterocycles. The lowest BCUT2D eigenvalue weighted by Gasteiger charge is -2.46. The number of morpholine rings is 1. The molecule has 3 aliphatic rings. The van der Waals surface area contributed by atoms with Crippen LogP contribution < -0.4 is 26.4 Å². The van der Waals surface area contributed by atoms with E-state index >= 15 is 4.79 Å². The van der Waals surface area contributed by atoms with Crippen molar-refractivity contribution in [2.24, 2.45) is 17.4 Å². The molecule has 324 valence electrons. The van der Waals surface area contributed by atoms with E-state index < -0.39 is 77.0 Å². The fourth-order valence-corrected chi connectivity index (χ4v) is 9.16. The molecule has 5 aromatic rings. The first-order valence-electron chi connectivity index (χ1n) is 20.1. The number of fused-ring (bicyclic) bond motifs is 3. The summed E-state index contributed by atoms with van der Waals surface area (Å²) in [6.07, 6.45) is -2.16. The van der Waals surface area contributed by atoms with Gasteiger partial charge in [0.2, 0.25) is 11.8 Å². The minimum atomic E-state index is -2.22. The van der Waals surface area contributed by atoms with Gasteiger partial charge in [0.05, 0.1) is 41.8 Å². The van der Waals surface area contributed by atoms with Crippen LogP contribution in [0.15, 0.2) is 127 Å². The van der Waals surface area contributed by atoms with E-state index in [0.29, 0.717) is 27.8 Å². The van der Waals surface area contributed by atoms with Crippen molar-refractivity contribution in [1.29, 1.82) is 0 Å². The normalized spacial score (nSPS) is 22.1. The number of aliphatic hydroxyl groups is 1. The monoisotopic (exact) mass is 864 g/mol. The summed E-state index contributed by atoms with van der Waals surface area (Å²) >= 11 is 0. The van der Waals surface area contributed by atoms with Crippen molar-refractivity contribution in [2.75, 3.05) is 24.7 Å². The van der Waals surface area contributed by atoms with Crippen molar-refractivity contribution >= 4 is 41.3 Å². The second-order valence-corrected chi connectivity index (χ2v) is 15.1. The fraction of sp³-hybridized carbons (Fsp3) is 0.213. The lowest BCUT2D eigenvalue weighted by atomic mass is 9.65. The quantitative estimate of drug-likeness (QED) is 0.0622. The number of aliphatic hydroxyl groups excluding tert-OH is 1. The van der Waals surface area contributed by atoms with Crippen LogP contribution in [0, 0.1) is 27.9 Å². The van der Waals surface area contributed by atoms with Crippen LogP contribution in [0.1, 0.15) is 51.6 Å². The summed E-state index contributed by atoms with van der Waals surface area (Å²) < 4.78 is 18.2. The summed E-state index contributed by atoms with van der Waals surface area (Å²) in [5, 5.41) is 23.6. The Kier molecular flexibility index (Phi) is 11.8. The molecule has 2 fully saturated rings. The highest BCUT2D eigenvalue weighted by atomic mass is 16.6. The van der Waals surface area contributed by atoms with Gasteiger partial charge in [-0.3, -0.25) is 29.4 Å². The molecule has 0 saturated carbocycles. The Balaban J connectivity index is 1.39. The average Bonchev–Trinajstić information content (AvgIpc) is 3.76. The molecule has 0 unspecified atom stereocenters. The van der Waals surface area contributed by atoms with E-state index in [-0.39, 0.29) is 42.4 Å². The molecule has 1 spiro atoms. The molecule has 0 radical (unpaired) electrons. The van der Waals surface area contributed by atoms with E-state index in [1.54, 1.807) is 53.4 Å². The summed E-state index contributed by atoms with van der Waals surface area (Å²) in [5.41, 5.74) is 11.6. The maximum absolute atomic E-state index is 16.1. The molecule has 8 rings (SSSR count). The number of amides is 5. The van der Waals surface area contributed by atoms with Gasteiger partial charge in [0, 0.05) is 23.3 Å². The first-order valence-corrected chi connectivity index (χ1v) is 20.1. The number of imide groups is 1. The highest BCUT2D eigenvalue weighted by molar-refractivity contribution is 6.23. The topological polar surface area (TPSA) is 247 Å². The Hall–Kier alpha value is -8.07. The number of rotatable bonds is 11. The number of hydrogen-bond acceptors (Lipinski definition) is 12. The second-order valence-electron chi connectivity index (χ2n) is 15.1. The minimum Gasteiger partial charge on any atom is -0.491 e. The van der Waals surface area contributed by atoms with Gasteiger partial charge in [0.15, 0.2) is 0 Å². The van der Waals surface area contributed by atoms with Gasteiger partial charge >= 0.3 is 18.1 Å². The van der Waals surface area contributed by atoms with E-state index in [1.165, 1.54) is 42.5 Å². The number of anilines is 1. The lowest BCUT2D eigenvalue weighted by molar-refractivity contribution is -0.384. The van der Waals surface area contributed by atoms with Crippen LogP contribution in [0.2, 0.25) is 0 Å². The predicted molar refractivity (Wildman–Crippen MR) is 228 cm³/mol. The van der Waals surface area contributed by atoms with Gasteiger partial charge in [-0.15, -0.1) is 0 Å². The average molecular weight is 865 g/mol. The molecule has 0 bridgehead atoms. The van der Waals surface area contributed by atoms with Crippen LogP contribution in [0.3, 0.4) is 0 Å². The van der Waals surface area contributed by atoms with Crippen molar-refractivity contribution in [2.45, 2.75) is 36.3 Å². The maximum Gasteiger partial charge on any atom is 0.421 e. The number of hydrogen-bond donors (Lipinski definition) is 4. The highest BCUT2D eigenvalue weighted by Gasteiger charge is 2.76. The van der Waals surface area contributed by atoms with Gasteiger partial charge in [-0.05, 0) is 58.7 Å². The molecule has 0 aliphatic carbocycles. The van der Waals surface area contributed by atoms with Crippen LogP contribution >= 0.6 is 0 Å². The maximum atomic E-state index is 16.1. The number of nitrogens with zero attached hydrogens (tertiary/aromatic N) is 3. The van der Waals surface area contributed by atoms with E-state index in [1.807, 2.05) is 36.4 Å². The molecule has 64 heavy (non-hydrogen) atoms. The first-order chi connectivity index (χ1) is 31.0. The Bertz CT molecular complexity index is 2710. The van der Waals surface area contributed by atoms with E-state index in [9.17, 15) is 34.4 Å². The number of non-ortho nitro benzene ring substituents is 1. The number of nitro benzene ring substituents is 1. The third-order valence-corrected chi connectivity index (χ3v) is 11.6. The van der Waals surface area contributed by atoms with Gasteiger partial charge in [0.25, 0.3) is 5.69 Å². The number of primary amides is 2. The Labute approximate surface area is 365 Å². The van der Waals surface area contributed by atoms with Crippen LogP contribution in [-0.4, -0.2) is 70.6 Å². The summed E-state index contributed by atoms with van der Waals surface area (Å²) in [6, 6.07) is 30.0. The SMILES string of the molecule is NC(=O)NCC#Cc1ccc2c(c1)[C@]1(C(=O)N2C(=O)OCc2ccc([N+](=O)[O-])cc2)[C@H](C(N)=O)[C@H]2C(=O)O[C@H](c3ccccc3)[C@H](c3ccccc3)N2[C@@H]1c1ccccc1OCCO. The highest BCUT2D eigenvalue weighted by Crippen LogP contribution is 2.66. The van der Waals surface area contributed by atoms with Crippen molar-refractivity contribution < 1.29 is 48.2 Å². The second kappa shape index (κ2) is 17.7. The number of para-hydroxylation sites is 1. The number of ether oxygens (including phenoxy) is 3. The summed E-state index contributed by atoms with van der Waals surface area (Å²) in [4.78, 5) is 84.7. The van der Waals surface area contributed by atoms with E-state index in [0.717, 1.165) is 4.90 Å². The predicted octanol–water partition coefficient (Wildman–Crippen LogP) is 4.47. The molecule has 6 N–H and O–H groups in total. The van der Waals surface area contributed by atoms with Gasteiger partial charge in [-0.25, -0.2) is 14.5 Å². The molecule has 3 heterocycles. The number of nitro groups is 1. The number of carbonyl (C=O) groups excluding carboxylic acids is 5. The van der Waals surface area contributed by atoms with Crippen molar-refractivity contribution in [3.05, 3.63) is 171 Å². The largest absolute Gasteiger partial charge is 0.491 e. The number of benzene rings is 5. The van der Waals surface area contributed by atoms with E-state index in [2.05, 4.69) is 17.2 Å². The number of esters is 1. The van der Waals surface area contributed by atoms with Gasteiger partial charge in [-0.2, -0.15) is 0 Å². The van der Waals surface area contributed by atoms with Crippen LogP contribution in [-0.2, 0) is 35.9 Å². The third-order valence-electron chi connectivity index (χ3n) is 11.6. The van der Waals surface area contributed by atoms with Crippen LogP contribution in [0.5, 0.6) is 5.75 Å². The molecule has 2 saturated heterocycles. The van der Waals surface area contributed by atoms with Gasteiger partial charge in [-0.1, -0.05) is 90.7 Å². The fourth-order valence-electron chi connectivity index (χ4n) is 9.16. The Morgan fingerprint density at radius 2 is 1.55 bits per heavy atom. The molecule has 5 amide bonds. The number of urea groups is 1. The molecule has 17 nitrogen and oxygen atoms in total. The van der Waals surface area contributed by atoms with Crippen LogP contribution in [0.25, 0.3) is 0 Å². The molecule has 5 aromatic carbocycles. The zero-order valence-corrected chi connectivity index (χ0v) is 33.9. The summed E-state index contributed by atoms with van der Waals surface area (Å²) in [6.45, 7) is -1.09. The standard InChI is InChI=1S/C47H40N6O11/c48-42(55)37-39-43(56)64-40(31-13-5-2-6-14-31)38(30-11-3-1-4-12-30)52(39)41(33-15-7-8-16-36(33)62-25-24-54)47(37)34-26-28(10-9-23-50-45(49)58)19-22-35(34)51(44(47)57)46(59)63-27-29-17-20-32(21-18-29)53(60)61/h1-8,11-22,26,37-41,54H,23-25,27H2,(H2,48,55)(H3,49,50,58)/t37-,38-,39-,40+,41+,47-/m0/s1. The molecular formula is C47H40N6O11. The first kappa shape index (κ1) is 42.6. The third kappa shape index (κ3) is 7.50. The molecular weight excluding hydrogens is 825 g/mol. The van der Waals surface area contributed by atoms with Crippen molar-refractivity contribution in [1.82, 2.24) is 10.2 Å². The van der Waals surface area contributed by atoms with E-state index in [4.69, 9.17) is 25.7 Å². The number of nitrogens with two attached hydrogens (primary N) is 2. The molecule has 6 atom stereocenters. The number of nitrogens with one attached hydrogen (secondary N) is 1. The van der Waals surface area contributed by atoms with Crippen molar-refractivity contribution in [3.8, 4) is 17.6 Å². The van der Waals surface area contributed by atoms with Crippen LogP contribution in [0.4, 0.5) is 21.0 Å². The number of carbonyl (C=O) groups is 5. The summed E-state index contributed by atoms with van der Waals surface area (Å²) in [7, 11) is 0. The zero-order valence-electron chi connectivity index (χ0n) is 33.9. The summed E-state index contributed by atoms with van der Waals surface area (Å²) in [5.74, 6) is 1.34. The Morgan fingerprint density at radius 1 is 0.875 bits per heavy atom. The van der Waals surface area contributed by atoms with Crippen molar-refractivity contribution in [3.63, 3.8) is 0 Å². The smallest absolute Gasteiger partial charge is 0.421 e.